The maximum absolute atomic E-state index is 5.02. The van der Waals surface area contributed by atoms with E-state index in [1.165, 1.54) is 88.2 Å². The quantitative estimate of drug-likeness (QED) is 0.252. The normalized spacial score (nSPS) is 12.2. The zero-order valence-electron chi connectivity index (χ0n) is 18.2. The number of nitrogens with one attached hydrogen (secondary N) is 1. The molecule has 0 rings (SSSR count). The predicted molar refractivity (Wildman–Crippen MR) is 112 cm³/mol. The van der Waals surface area contributed by atoms with Crippen molar-refractivity contribution in [1.29, 1.82) is 0 Å². The fourth-order valence-corrected chi connectivity index (χ4v) is 3.76. The molecule has 0 aliphatic carbocycles. The van der Waals surface area contributed by atoms with E-state index in [1.54, 1.807) is 7.11 Å². The monoisotopic (exact) mass is 357 g/mol. The molecule has 0 amide bonds. The van der Waals surface area contributed by atoms with Crippen LogP contribution in [0.15, 0.2) is 0 Å². The van der Waals surface area contributed by atoms with Crippen molar-refractivity contribution in [2.45, 2.75) is 84.5 Å². The highest BCUT2D eigenvalue weighted by Crippen LogP contribution is 2.13. The second-order valence-electron chi connectivity index (χ2n) is 8.87. The fraction of sp³-hybridized carbons (Fsp3) is 1.00. The van der Waals surface area contributed by atoms with Gasteiger partial charge in [0, 0.05) is 19.6 Å². The number of hydrogen-bond donors (Lipinski definition) is 1. The third-order valence-corrected chi connectivity index (χ3v) is 4.96. The van der Waals surface area contributed by atoms with E-state index >= 15 is 0 Å². The number of rotatable bonds is 19. The first-order valence-electron chi connectivity index (χ1n) is 11.0. The molecule has 1 N–H and O–H groups in total. The van der Waals surface area contributed by atoms with E-state index in [-0.39, 0.29) is 0 Å². The SMILES string of the molecule is COCCNCCCCCCCCCCCCC[N+](C)(C)CC(C)C. The van der Waals surface area contributed by atoms with Gasteiger partial charge in [-0.3, -0.25) is 0 Å². The third-order valence-electron chi connectivity index (χ3n) is 4.96. The summed E-state index contributed by atoms with van der Waals surface area (Å²) in [6, 6.07) is 0. The van der Waals surface area contributed by atoms with Gasteiger partial charge in [-0.1, -0.05) is 65.2 Å². The Labute approximate surface area is 159 Å². The topological polar surface area (TPSA) is 21.3 Å². The van der Waals surface area contributed by atoms with Crippen LogP contribution < -0.4 is 5.32 Å². The lowest BCUT2D eigenvalue weighted by Gasteiger charge is -2.31. The van der Waals surface area contributed by atoms with Crippen LogP contribution in [0, 0.1) is 5.92 Å². The Morgan fingerprint density at radius 2 is 1.20 bits per heavy atom. The first kappa shape index (κ1) is 24.9. The molecule has 25 heavy (non-hydrogen) atoms. The molecule has 0 fully saturated rings. The molecule has 0 aliphatic heterocycles. The fourth-order valence-electron chi connectivity index (χ4n) is 3.76. The van der Waals surface area contributed by atoms with Gasteiger partial charge in [0.25, 0.3) is 0 Å². The summed E-state index contributed by atoms with van der Waals surface area (Å²) in [4.78, 5) is 0. The largest absolute Gasteiger partial charge is 0.383 e. The standard InChI is InChI=1S/C22H49N2O/c1-22(2)21-24(3,4)19-16-14-12-10-8-6-7-9-11-13-15-17-23-18-20-25-5/h22-23H,6-21H2,1-5H3/q+1. The predicted octanol–water partition coefficient (Wildman–Crippen LogP) is 5.25. The van der Waals surface area contributed by atoms with Gasteiger partial charge in [0.1, 0.15) is 0 Å². The number of quaternary nitrogens is 1. The van der Waals surface area contributed by atoms with Crippen LogP contribution in [0.25, 0.3) is 0 Å². The summed E-state index contributed by atoms with van der Waals surface area (Å²) in [5.74, 6) is 0.807. The van der Waals surface area contributed by atoms with Gasteiger partial charge < -0.3 is 14.5 Å². The van der Waals surface area contributed by atoms with Crippen molar-refractivity contribution in [2.75, 3.05) is 54.0 Å². The lowest BCUT2D eigenvalue weighted by Crippen LogP contribution is -2.43. The molecule has 0 saturated carbocycles. The maximum Gasteiger partial charge on any atom is 0.0805 e. The second-order valence-corrected chi connectivity index (χ2v) is 8.87. The number of ether oxygens (including phenoxy) is 1. The Morgan fingerprint density at radius 3 is 1.68 bits per heavy atom. The van der Waals surface area contributed by atoms with Crippen molar-refractivity contribution in [3.05, 3.63) is 0 Å². The van der Waals surface area contributed by atoms with Crippen LogP contribution in [0.4, 0.5) is 0 Å². The van der Waals surface area contributed by atoms with Crippen LogP contribution in [-0.2, 0) is 4.74 Å². The minimum Gasteiger partial charge on any atom is -0.383 e. The first-order chi connectivity index (χ1) is 12.0. The average Bonchev–Trinajstić information content (AvgIpc) is 2.53. The van der Waals surface area contributed by atoms with Crippen LogP contribution in [0.2, 0.25) is 0 Å². The Bertz CT molecular complexity index is 267. The van der Waals surface area contributed by atoms with E-state index in [0.29, 0.717) is 0 Å². The van der Waals surface area contributed by atoms with Gasteiger partial charge in [-0.05, 0) is 25.8 Å². The van der Waals surface area contributed by atoms with Crippen molar-refractivity contribution in [3.63, 3.8) is 0 Å². The molecule has 0 unspecified atom stereocenters. The molecule has 0 heterocycles. The lowest BCUT2D eigenvalue weighted by molar-refractivity contribution is -0.893. The van der Waals surface area contributed by atoms with Crippen molar-refractivity contribution < 1.29 is 9.22 Å². The Hall–Kier alpha value is -0.120. The molecule has 0 aliphatic rings. The van der Waals surface area contributed by atoms with Crippen LogP contribution in [0.5, 0.6) is 0 Å². The minimum absolute atomic E-state index is 0.807. The zero-order valence-corrected chi connectivity index (χ0v) is 18.2. The van der Waals surface area contributed by atoms with Gasteiger partial charge in [-0.2, -0.15) is 0 Å². The number of methoxy groups -OCH3 is 1. The molecule has 152 valence electrons. The van der Waals surface area contributed by atoms with Crippen molar-refractivity contribution in [2.24, 2.45) is 5.92 Å². The number of unbranched alkanes of at least 4 members (excludes halogenated alkanes) is 10. The molecule has 3 heteroatoms. The van der Waals surface area contributed by atoms with Gasteiger partial charge in [0.15, 0.2) is 0 Å². The molecule has 0 aromatic rings. The van der Waals surface area contributed by atoms with E-state index in [2.05, 4.69) is 33.3 Å². The molecule has 0 radical (unpaired) electrons. The highest BCUT2D eigenvalue weighted by atomic mass is 16.5. The van der Waals surface area contributed by atoms with Crippen LogP contribution in [0.1, 0.15) is 84.5 Å². The van der Waals surface area contributed by atoms with Crippen LogP contribution in [-0.4, -0.2) is 58.5 Å². The molecule has 0 aromatic heterocycles. The summed E-state index contributed by atoms with van der Waals surface area (Å²) < 4.78 is 6.21. The van der Waals surface area contributed by atoms with Gasteiger partial charge in [-0.15, -0.1) is 0 Å². The highest BCUT2D eigenvalue weighted by Gasteiger charge is 2.15. The summed E-state index contributed by atoms with van der Waals surface area (Å²) in [7, 11) is 6.53. The van der Waals surface area contributed by atoms with Crippen LogP contribution >= 0.6 is 0 Å². The molecule has 3 nitrogen and oxygen atoms in total. The lowest BCUT2D eigenvalue weighted by atomic mass is 10.1. The van der Waals surface area contributed by atoms with Gasteiger partial charge in [-0.25, -0.2) is 0 Å². The summed E-state index contributed by atoms with van der Waals surface area (Å²) in [5, 5.41) is 3.41. The summed E-state index contributed by atoms with van der Waals surface area (Å²) >= 11 is 0. The number of nitrogens with zero attached hydrogens (tertiary/aromatic N) is 1. The van der Waals surface area contributed by atoms with Gasteiger partial charge in [0.2, 0.25) is 0 Å². The summed E-state index contributed by atoms with van der Waals surface area (Å²) in [6.45, 7) is 10.3. The smallest absolute Gasteiger partial charge is 0.0805 e. The molecule has 0 aromatic carbocycles. The molecule has 0 spiro atoms. The highest BCUT2D eigenvalue weighted by molar-refractivity contribution is 4.51. The van der Waals surface area contributed by atoms with Crippen molar-refractivity contribution in [3.8, 4) is 0 Å². The molecule has 0 saturated heterocycles. The van der Waals surface area contributed by atoms with E-state index in [9.17, 15) is 0 Å². The van der Waals surface area contributed by atoms with E-state index < -0.39 is 0 Å². The Balaban J connectivity index is 3.17. The second kappa shape index (κ2) is 17.3. The third kappa shape index (κ3) is 20.0. The Morgan fingerprint density at radius 1 is 0.720 bits per heavy atom. The van der Waals surface area contributed by atoms with Gasteiger partial charge >= 0.3 is 0 Å². The van der Waals surface area contributed by atoms with Crippen molar-refractivity contribution in [1.82, 2.24) is 5.32 Å². The minimum atomic E-state index is 0.807. The summed E-state index contributed by atoms with van der Waals surface area (Å²) in [5.41, 5.74) is 0. The number of hydrogen-bond acceptors (Lipinski definition) is 2. The van der Waals surface area contributed by atoms with Gasteiger partial charge in [0.05, 0.1) is 33.8 Å². The zero-order chi connectivity index (χ0) is 18.8. The van der Waals surface area contributed by atoms with E-state index in [0.717, 1.165) is 25.6 Å². The van der Waals surface area contributed by atoms with Crippen LogP contribution in [0.3, 0.4) is 0 Å². The molecular formula is C22H49N2O+. The van der Waals surface area contributed by atoms with E-state index in [1.807, 2.05) is 0 Å². The average molecular weight is 358 g/mol. The molecule has 0 bridgehead atoms. The first-order valence-corrected chi connectivity index (χ1v) is 11.0. The molecule has 0 atom stereocenters. The van der Waals surface area contributed by atoms with E-state index in [4.69, 9.17) is 4.74 Å². The Kier molecular flexibility index (Phi) is 17.2. The molecular weight excluding hydrogens is 308 g/mol. The van der Waals surface area contributed by atoms with Crippen molar-refractivity contribution >= 4 is 0 Å². The maximum atomic E-state index is 5.02. The summed E-state index contributed by atoms with van der Waals surface area (Å²) in [6.07, 6.45) is 15.6.